The van der Waals surface area contributed by atoms with Gasteiger partial charge in [-0.2, -0.15) is 0 Å². The highest BCUT2D eigenvalue weighted by Crippen LogP contribution is 2.38. The molecule has 1 aliphatic heterocycles. The second-order valence-corrected chi connectivity index (χ2v) is 6.18. The van der Waals surface area contributed by atoms with Gasteiger partial charge in [0, 0.05) is 19.1 Å². The molecule has 1 aliphatic carbocycles. The Morgan fingerprint density at radius 3 is 2.58 bits per heavy atom. The second kappa shape index (κ2) is 6.06. The lowest BCUT2D eigenvalue weighted by atomic mass is 10.1. The molecule has 2 bridgehead atoms. The highest BCUT2D eigenvalue weighted by atomic mass is 15.2. The average molecular weight is 258 g/mol. The van der Waals surface area contributed by atoms with Crippen molar-refractivity contribution in [3.8, 4) is 0 Å². The predicted octanol–water partition coefficient (Wildman–Crippen LogP) is 2.82. The van der Waals surface area contributed by atoms with Gasteiger partial charge in [0.15, 0.2) is 0 Å². The molecule has 1 aromatic carbocycles. The molecule has 2 unspecified atom stereocenters. The first-order valence-corrected chi connectivity index (χ1v) is 7.87. The van der Waals surface area contributed by atoms with Crippen LogP contribution in [0.3, 0.4) is 0 Å². The van der Waals surface area contributed by atoms with Gasteiger partial charge in [-0.1, -0.05) is 31.2 Å². The first kappa shape index (κ1) is 13.1. The number of rotatable bonds is 6. The van der Waals surface area contributed by atoms with Gasteiger partial charge in [0.2, 0.25) is 0 Å². The summed E-state index contributed by atoms with van der Waals surface area (Å²) in [6.07, 6.45) is 5.51. The minimum absolute atomic E-state index is 0.887. The standard InChI is InChI=1S/C17H26N2/c1-2-18-10-9-14-3-5-15(6-4-14)12-19-13-16-7-8-17(19)11-16/h3-6,16-18H,2,7-13H2,1H3. The maximum Gasteiger partial charge on any atom is 0.0236 e. The number of piperidine rings is 1. The lowest BCUT2D eigenvalue weighted by molar-refractivity contribution is 0.205. The third kappa shape index (κ3) is 3.18. The van der Waals surface area contributed by atoms with Crippen molar-refractivity contribution in [3.05, 3.63) is 35.4 Å². The first-order chi connectivity index (χ1) is 9.35. The van der Waals surface area contributed by atoms with Gasteiger partial charge in [0.1, 0.15) is 0 Å². The monoisotopic (exact) mass is 258 g/mol. The zero-order valence-electron chi connectivity index (χ0n) is 12.1. The van der Waals surface area contributed by atoms with E-state index in [1.807, 2.05) is 0 Å². The number of nitrogens with zero attached hydrogens (tertiary/aromatic N) is 1. The van der Waals surface area contributed by atoms with Crippen molar-refractivity contribution in [3.63, 3.8) is 0 Å². The van der Waals surface area contributed by atoms with Crippen molar-refractivity contribution in [2.24, 2.45) is 5.92 Å². The molecular formula is C17H26N2. The van der Waals surface area contributed by atoms with E-state index in [1.165, 1.54) is 36.9 Å². The second-order valence-electron chi connectivity index (χ2n) is 6.18. The Morgan fingerprint density at radius 2 is 1.95 bits per heavy atom. The van der Waals surface area contributed by atoms with E-state index >= 15 is 0 Å². The fourth-order valence-electron chi connectivity index (χ4n) is 3.68. The van der Waals surface area contributed by atoms with Gasteiger partial charge in [0.25, 0.3) is 0 Å². The molecule has 2 aliphatic rings. The number of benzene rings is 1. The van der Waals surface area contributed by atoms with Gasteiger partial charge in [-0.05, 0) is 55.8 Å². The van der Waals surface area contributed by atoms with Crippen molar-refractivity contribution in [2.75, 3.05) is 19.6 Å². The lowest BCUT2D eigenvalue weighted by Crippen LogP contribution is -2.31. The maximum atomic E-state index is 3.38. The number of likely N-dealkylation sites (N-methyl/N-ethyl adjacent to an activating group) is 1. The number of nitrogens with one attached hydrogen (secondary N) is 1. The summed E-state index contributed by atoms with van der Waals surface area (Å²) in [7, 11) is 0. The van der Waals surface area contributed by atoms with Crippen LogP contribution in [-0.4, -0.2) is 30.6 Å². The summed E-state index contributed by atoms with van der Waals surface area (Å²) < 4.78 is 0. The Kier molecular flexibility index (Phi) is 4.19. The van der Waals surface area contributed by atoms with Crippen molar-refractivity contribution in [2.45, 2.75) is 45.2 Å². The summed E-state index contributed by atoms with van der Waals surface area (Å²) in [4.78, 5) is 2.70. The Morgan fingerprint density at radius 1 is 1.16 bits per heavy atom. The van der Waals surface area contributed by atoms with E-state index in [2.05, 4.69) is 41.4 Å². The van der Waals surface area contributed by atoms with Crippen molar-refractivity contribution in [1.82, 2.24) is 10.2 Å². The predicted molar refractivity (Wildman–Crippen MR) is 80.2 cm³/mol. The summed E-state index contributed by atoms with van der Waals surface area (Å²) in [5, 5.41) is 3.38. The van der Waals surface area contributed by atoms with Crippen LogP contribution in [0.2, 0.25) is 0 Å². The average Bonchev–Trinajstić information content (AvgIpc) is 3.03. The third-order valence-corrected chi connectivity index (χ3v) is 4.77. The number of fused-ring (bicyclic) bond motifs is 2. The fourth-order valence-corrected chi connectivity index (χ4v) is 3.68. The van der Waals surface area contributed by atoms with Crippen molar-refractivity contribution in [1.29, 1.82) is 0 Å². The summed E-state index contributed by atoms with van der Waals surface area (Å²) in [6.45, 7) is 6.82. The van der Waals surface area contributed by atoms with Crippen LogP contribution in [0.25, 0.3) is 0 Å². The lowest BCUT2D eigenvalue weighted by Gasteiger charge is -2.26. The van der Waals surface area contributed by atoms with Crippen LogP contribution in [0.15, 0.2) is 24.3 Å². The molecule has 1 aromatic rings. The van der Waals surface area contributed by atoms with Crippen LogP contribution >= 0.6 is 0 Å². The van der Waals surface area contributed by atoms with Gasteiger partial charge >= 0.3 is 0 Å². The number of hydrogen-bond acceptors (Lipinski definition) is 2. The van der Waals surface area contributed by atoms with Gasteiger partial charge in [-0.25, -0.2) is 0 Å². The van der Waals surface area contributed by atoms with E-state index in [1.54, 1.807) is 0 Å². The highest BCUT2D eigenvalue weighted by Gasteiger charge is 2.37. The molecule has 19 heavy (non-hydrogen) atoms. The number of hydrogen-bond donors (Lipinski definition) is 1. The van der Waals surface area contributed by atoms with E-state index < -0.39 is 0 Å². The molecule has 0 radical (unpaired) electrons. The smallest absolute Gasteiger partial charge is 0.0236 e. The van der Waals surface area contributed by atoms with E-state index in [0.29, 0.717) is 0 Å². The Balaban J connectivity index is 1.51. The van der Waals surface area contributed by atoms with Crippen LogP contribution in [0, 0.1) is 5.92 Å². The largest absolute Gasteiger partial charge is 0.317 e. The first-order valence-electron chi connectivity index (χ1n) is 7.87. The minimum atomic E-state index is 0.887. The summed E-state index contributed by atoms with van der Waals surface area (Å²) in [6, 6.07) is 10.2. The van der Waals surface area contributed by atoms with Crippen LogP contribution < -0.4 is 5.32 Å². The zero-order valence-corrected chi connectivity index (χ0v) is 12.1. The molecule has 1 saturated heterocycles. The molecule has 1 N–H and O–H groups in total. The van der Waals surface area contributed by atoms with E-state index in [9.17, 15) is 0 Å². The molecule has 0 aromatic heterocycles. The van der Waals surface area contributed by atoms with Gasteiger partial charge in [-0.3, -0.25) is 4.90 Å². The Bertz CT molecular complexity index is 398. The molecule has 1 heterocycles. The summed E-state index contributed by atoms with van der Waals surface area (Å²) >= 11 is 0. The summed E-state index contributed by atoms with van der Waals surface area (Å²) in [5.41, 5.74) is 2.94. The summed E-state index contributed by atoms with van der Waals surface area (Å²) in [5.74, 6) is 1.00. The van der Waals surface area contributed by atoms with Gasteiger partial charge in [-0.15, -0.1) is 0 Å². The molecule has 2 nitrogen and oxygen atoms in total. The normalized spacial score (nSPS) is 26.2. The quantitative estimate of drug-likeness (QED) is 0.789. The molecule has 104 valence electrons. The zero-order chi connectivity index (χ0) is 13.1. The molecule has 1 saturated carbocycles. The third-order valence-electron chi connectivity index (χ3n) is 4.77. The fraction of sp³-hybridized carbons (Fsp3) is 0.647. The SMILES string of the molecule is CCNCCc1ccc(CN2CC3CCC2C3)cc1. The van der Waals surface area contributed by atoms with E-state index in [-0.39, 0.29) is 0 Å². The highest BCUT2D eigenvalue weighted by molar-refractivity contribution is 5.23. The molecule has 0 spiro atoms. The van der Waals surface area contributed by atoms with Crippen molar-refractivity contribution < 1.29 is 0 Å². The van der Waals surface area contributed by atoms with E-state index in [4.69, 9.17) is 0 Å². The molecule has 2 atom stereocenters. The van der Waals surface area contributed by atoms with Crippen LogP contribution in [-0.2, 0) is 13.0 Å². The Labute approximate surface area is 117 Å². The van der Waals surface area contributed by atoms with Crippen LogP contribution in [0.4, 0.5) is 0 Å². The minimum Gasteiger partial charge on any atom is -0.317 e. The molecular weight excluding hydrogens is 232 g/mol. The van der Waals surface area contributed by atoms with Crippen LogP contribution in [0.1, 0.15) is 37.3 Å². The number of likely N-dealkylation sites (tertiary alicyclic amines) is 1. The van der Waals surface area contributed by atoms with Gasteiger partial charge < -0.3 is 5.32 Å². The van der Waals surface area contributed by atoms with Crippen LogP contribution in [0.5, 0.6) is 0 Å². The van der Waals surface area contributed by atoms with E-state index in [0.717, 1.165) is 38.0 Å². The Hall–Kier alpha value is -0.860. The topological polar surface area (TPSA) is 15.3 Å². The molecule has 3 rings (SSSR count). The van der Waals surface area contributed by atoms with Crippen molar-refractivity contribution >= 4 is 0 Å². The molecule has 0 amide bonds. The van der Waals surface area contributed by atoms with Gasteiger partial charge in [0.05, 0.1) is 0 Å². The molecule has 2 fully saturated rings. The molecule has 2 heteroatoms. The maximum absolute atomic E-state index is 3.38.